The van der Waals surface area contributed by atoms with E-state index < -0.39 is 12.1 Å². The number of esters is 1. The Balaban J connectivity index is 2.07. The molecule has 4 nitrogen and oxygen atoms in total. The van der Waals surface area contributed by atoms with Crippen LogP contribution in [-0.4, -0.2) is 23.7 Å². The van der Waals surface area contributed by atoms with E-state index in [4.69, 9.17) is 4.74 Å². The largest absolute Gasteiger partial charge is 0.449 e. The van der Waals surface area contributed by atoms with E-state index in [1.165, 1.54) is 0 Å². The van der Waals surface area contributed by atoms with Crippen molar-refractivity contribution in [2.24, 2.45) is 0 Å². The average Bonchev–Trinajstić information content (AvgIpc) is 2.58. The van der Waals surface area contributed by atoms with E-state index in [2.05, 4.69) is 5.32 Å². The standard InChI is InChI=1S/C20H23NO3S/c1-5-25-17-12-7-6-11-16(17)20(23)24-15(4)19(22)21-18-13(2)9-8-10-14(18)3/h6-12,15H,5H2,1-4H3,(H,21,22)/t15-/m1/s1. The first-order valence-corrected chi connectivity index (χ1v) is 9.22. The van der Waals surface area contributed by atoms with Gasteiger partial charge < -0.3 is 10.1 Å². The number of rotatable bonds is 6. The zero-order valence-corrected chi connectivity index (χ0v) is 15.8. The molecule has 0 radical (unpaired) electrons. The molecule has 1 atom stereocenters. The number of anilines is 1. The van der Waals surface area contributed by atoms with E-state index >= 15 is 0 Å². The predicted molar refractivity (Wildman–Crippen MR) is 102 cm³/mol. The van der Waals surface area contributed by atoms with Crippen molar-refractivity contribution in [3.63, 3.8) is 0 Å². The van der Waals surface area contributed by atoms with Crippen molar-refractivity contribution in [1.82, 2.24) is 0 Å². The molecule has 0 unspecified atom stereocenters. The Labute approximate surface area is 153 Å². The van der Waals surface area contributed by atoms with Crippen LogP contribution >= 0.6 is 11.8 Å². The van der Waals surface area contributed by atoms with Crippen LogP contribution in [-0.2, 0) is 9.53 Å². The highest BCUT2D eigenvalue weighted by Gasteiger charge is 2.21. The van der Waals surface area contributed by atoms with E-state index in [1.807, 2.05) is 51.1 Å². The Bertz CT molecular complexity index is 753. The lowest BCUT2D eigenvalue weighted by Crippen LogP contribution is -2.30. The number of aryl methyl sites for hydroxylation is 2. The Morgan fingerprint density at radius 2 is 1.72 bits per heavy atom. The average molecular weight is 357 g/mol. The third-order valence-electron chi connectivity index (χ3n) is 3.79. The molecule has 0 aliphatic rings. The van der Waals surface area contributed by atoms with E-state index in [0.29, 0.717) is 5.56 Å². The maximum Gasteiger partial charge on any atom is 0.340 e. The number of para-hydroxylation sites is 1. The molecule has 2 aromatic carbocycles. The maximum absolute atomic E-state index is 12.4. The molecule has 132 valence electrons. The van der Waals surface area contributed by atoms with Crippen LogP contribution in [0.3, 0.4) is 0 Å². The van der Waals surface area contributed by atoms with Crippen LogP contribution in [0.2, 0.25) is 0 Å². The summed E-state index contributed by atoms with van der Waals surface area (Å²) in [5.74, 6) is 0.0273. The topological polar surface area (TPSA) is 55.4 Å². The summed E-state index contributed by atoms with van der Waals surface area (Å²) in [4.78, 5) is 25.7. The molecule has 0 spiro atoms. The van der Waals surface area contributed by atoms with Crippen LogP contribution in [0.25, 0.3) is 0 Å². The number of thioether (sulfide) groups is 1. The summed E-state index contributed by atoms with van der Waals surface area (Å²) in [6, 6.07) is 13.1. The van der Waals surface area contributed by atoms with Crippen LogP contribution in [0.4, 0.5) is 5.69 Å². The van der Waals surface area contributed by atoms with Crippen molar-refractivity contribution in [2.75, 3.05) is 11.1 Å². The van der Waals surface area contributed by atoms with Gasteiger partial charge in [-0.25, -0.2) is 4.79 Å². The maximum atomic E-state index is 12.4. The summed E-state index contributed by atoms with van der Waals surface area (Å²) in [5, 5.41) is 2.85. The third-order valence-corrected chi connectivity index (χ3v) is 4.74. The molecule has 0 saturated carbocycles. The summed E-state index contributed by atoms with van der Waals surface area (Å²) >= 11 is 1.57. The van der Waals surface area contributed by atoms with Gasteiger partial charge in [-0.1, -0.05) is 37.3 Å². The van der Waals surface area contributed by atoms with E-state index in [-0.39, 0.29) is 5.91 Å². The van der Waals surface area contributed by atoms with Gasteiger partial charge in [0.05, 0.1) is 5.56 Å². The zero-order valence-electron chi connectivity index (χ0n) is 15.0. The molecule has 1 N–H and O–H groups in total. The molecule has 25 heavy (non-hydrogen) atoms. The molecule has 0 aromatic heterocycles. The lowest BCUT2D eigenvalue weighted by atomic mass is 10.1. The molecule has 1 amide bonds. The van der Waals surface area contributed by atoms with Crippen molar-refractivity contribution in [3.8, 4) is 0 Å². The van der Waals surface area contributed by atoms with Gasteiger partial charge in [0.25, 0.3) is 5.91 Å². The van der Waals surface area contributed by atoms with Crippen LogP contribution < -0.4 is 5.32 Å². The molecule has 2 aromatic rings. The fraction of sp³-hybridized carbons (Fsp3) is 0.300. The van der Waals surface area contributed by atoms with Gasteiger partial charge >= 0.3 is 5.97 Å². The first-order chi connectivity index (χ1) is 11.9. The van der Waals surface area contributed by atoms with Gasteiger partial charge in [0.2, 0.25) is 0 Å². The van der Waals surface area contributed by atoms with Gasteiger partial charge in [-0.15, -0.1) is 11.8 Å². The van der Waals surface area contributed by atoms with Gasteiger partial charge in [0.15, 0.2) is 6.10 Å². The second-order valence-electron chi connectivity index (χ2n) is 5.73. The monoisotopic (exact) mass is 357 g/mol. The second kappa shape index (κ2) is 8.72. The van der Waals surface area contributed by atoms with Gasteiger partial charge in [-0.05, 0) is 49.8 Å². The van der Waals surface area contributed by atoms with Crippen LogP contribution in [0.15, 0.2) is 47.4 Å². The Hall–Kier alpha value is -2.27. The second-order valence-corrected chi connectivity index (χ2v) is 7.04. The number of nitrogens with one attached hydrogen (secondary N) is 1. The number of benzene rings is 2. The number of hydrogen-bond acceptors (Lipinski definition) is 4. The van der Waals surface area contributed by atoms with E-state index in [1.54, 1.807) is 30.8 Å². The molecule has 0 saturated heterocycles. The fourth-order valence-electron chi connectivity index (χ4n) is 2.43. The number of carbonyl (C=O) groups is 2. The first-order valence-electron chi connectivity index (χ1n) is 8.24. The SMILES string of the molecule is CCSc1ccccc1C(=O)O[C@H](C)C(=O)Nc1c(C)cccc1C. The van der Waals surface area contributed by atoms with Gasteiger partial charge in [0, 0.05) is 10.6 Å². The van der Waals surface area contributed by atoms with Crippen LogP contribution in [0.5, 0.6) is 0 Å². The summed E-state index contributed by atoms with van der Waals surface area (Å²) in [6.45, 7) is 7.46. The van der Waals surface area contributed by atoms with Crippen molar-refractivity contribution < 1.29 is 14.3 Å². The van der Waals surface area contributed by atoms with Crippen molar-refractivity contribution in [2.45, 2.75) is 38.7 Å². The molecular formula is C20H23NO3S. The quantitative estimate of drug-likeness (QED) is 0.606. The highest BCUT2D eigenvalue weighted by atomic mass is 32.2. The van der Waals surface area contributed by atoms with Crippen LogP contribution in [0, 0.1) is 13.8 Å². The zero-order chi connectivity index (χ0) is 18.4. The lowest BCUT2D eigenvalue weighted by molar-refractivity contribution is -0.123. The number of amides is 1. The highest BCUT2D eigenvalue weighted by Crippen LogP contribution is 2.24. The molecule has 5 heteroatoms. The van der Waals surface area contributed by atoms with E-state index in [9.17, 15) is 9.59 Å². The minimum absolute atomic E-state index is 0.341. The molecule has 0 aliphatic heterocycles. The molecule has 0 aliphatic carbocycles. The molecule has 2 rings (SSSR count). The predicted octanol–water partition coefficient (Wildman–Crippen LogP) is 4.60. The summed E-state index contributed by atoms with van der Waals surface area (Å²) < 4.78 is 5.37. The van der Waals surface area contributed by atoms with Crippen molar-refractivity contribution in [3.05, 3.63) is 59.2 Å². The minimum Gasteiger partial charge on any atom is -0.449 e. The van der Waals surface area contributed by atoms with Gasteiger partial charge in [-0.2, -0.15) is 0 Å². The molecule has 0 bridgehead atoms. The normalized spacial score (nSPS) is 11.7. The minimum atomic E-state index is -0.883. The first kappa shape index (κ1) is 19.1. The molecular weight excluding hydrogens is 334 g/mol. The van der Waals surface area contributed by atoms with Crippen LogP contribution in [0.1, 0.15) is 35.3 Å². The van der Waals surface area contributed by atoms with Gasteiger partial charge in [0.1, 0.15) is 0 Å². The fourth-order valence-corrected chi connectivity index (χ4v) is 3.22. The summed E-state index contributed by atoms with van der Waals surface area (Å²) in [6.07, 6.45) is -0.883. The number of ether oxygens (including phenoxy) is 1. The van der Waals surface area contributed by atoms with Crippen molar-refractivity contribution in [1.29, 1.82) is 0 Å². The third kappa shape index (κ3) is 4.86. The Kier molecular flexibility index (Phi) is 6.65. The van der Waals surface area contributed by atoms with Crippen molar-refractivity contribution >= 4 is 29.3 Å². The summed E-state index contributed by atoms with van der Waals surface area (Å²) in [7, 11) is 0. The lowest BCUT2D eigenvalue weighted by Gasteiger charge is -2.17. The summed E-state index contributed by atoms with van der Waals surface area (Å²) in [5.41, 5.74) is 3.19. The molecule has 0 fully saturated rings. The number of carbonyl (C=O) groups excluding carboxylic acids is 2. The smallest absolute Gasteiger partial charge is 0.340 e. The number of hydrogen-bond donors (Lipinski definition) is 1. The Morgan fingerprint density at radius 1 is 1.08 bits per heavy atom. The highest BCUT2D eigenvalue weighted by molar-refractivity contribution is 7.99. The molecule has 0 heterocycles. The Morgan fingerprint density at radius 3 is 2.36 bits per heavy atom. The van der Waals surface area contributed by atoms with Gasteiger partial charge in [-0.3, -0.25) is 4.79 Å². The van der Waals surface area contributed by atoms with E-state index in [0.717, 1.165) is 27.5 Å².